The molecule has 31 heavy (non-hydrogen) atoms. The molecule has 0 aliphatic heterocycles. The van der Waals surface area contributed by atoms with E-state index in [-0.39, 0.29) is 24.2 Å². The standard InChI is InChI=1S/C22H22F6O3/c1-13(14-7-17(21(23,24)25)9-18(8-14)22(26,27)28)31-12-20(10-15(11-20)19(29)30)16-5-3-2-4-6-16/h2-5,7-9,13,15-16H,6,10-12H2,1H3,(H,29,30)/t13-,15?,16?,20?/m1/s1. The van der Waals surface area contributed by atoms with Gasteiger partial charge in [-0.1, -0.05) is 24.3 Å². The smallest absolute Gasteiger partial charge is 0.416 e. The van der Waals surface area contributed by atoms with Crippen LogP contribution in [-0.2, 0) is 21.9 Å². The van der Waals surface area contributed by atoms with E-state index in [1.165, 1.54) is 6.92 Å². The van der Waals surface area contributed by atoms with Crippen molar-refractivity contribution < 1.29 is 41.0 Å². The largest absolute Gasteiger partial charge is 0.481 e. The predicted molar refractivity (Wildman–Crippen MR) is 100.0 cm³/mol. The van der Waals surface area contributed by atoms with Gasteiger partial charge in [0, 0.05) is 5.41 Å². The minimum atomic E-state index is -4.93. The first-order valence-corrected chi connectivity index (χ1v) is 9.79. The number of carboxylic acids is 1. The number of carbonyl (C=O) groups is 1. The summed E-state index contributed by atoms with van der Waals surface area (Å²) >= 11 is 0. The summed E-state index contributed by atoms with van der Waals surface area (Å²) in [5, 5.41) is 9.25. The quantitative estimate of drug-likeness (QED) is 0.511. The number of ether oxygens (including phenoxy) is 1. The summed E-state index contributed by atoms with van der Waals surface area (Å²) in [7, 11) is 0. The van der Waals surface area contributed by atoms with E-state index in [1.807, 2.05) is 24.3 Å². The average molecular weight is 448 g/mol. The van der Waals surface area contributed by atoms with Gasteiger partial charge in [0.25, 0.3) is 0 Å². The Morgan fingerprint density at radius 2 is 1.68 bits per heavy atom. The molecule has 0 amide bonds. The van der Waals surface area contributed by atoms with E-state index in [9.17, 15) is 36.2 Å². The number of hydrogen-bond donors (Lipinski definition) is 1. The summed E-state index contributed by atoms with van der Waals surface area (Å²) in [4.78, 5) is 11.3. The van der Waals surface area contributed by atoms with Crippen LogP contribution in [0.1, 0.15) is 49.0 Å². The number of rotatable bonds is 6. The molecule has 2 aliphatic carbocycles. The molecule has 2 aliphatic rings. The summed E-state index contributed by atoms with van der Waals surface area (Å²) < 4.78 is 84.5. The molecule has 9 heteroatoms. The number of aliphatic carboxylic acids is 1. The Balaban J connectivity index is 1.81. The van der Waals surface area contributed by atoms with Crippen molar-refractivity contribution in [1.29, 1.82) is 0 Å². The van der Waals surface area contributed by atoms with Crippen LogP contribution in [-0.4, -0.2) is 17.7 Å². The number of alkyl halides is 6. The maximum atomic E-state index is 13.1. The molecule has 0 heterocycles. The Morgan fingerprint density at radius 3 is 2.13 bits per heavy atom. The van der Waals surface area contributed by atoms with Crippen LogP contribution in [0.4, 0.5) is 26.3 Å². The molecule has 0 radical (unpaired) electrons. The maximum absolute atomic E-state index is 13.1. The minimum absolute atomic E-state index is 0.00690. The highest BCUT2D eigenvalue weighted by atomic mass is 19.4. The average Bonchev–Trinajstić information content (AvgIpc) is 2.65. The molecule has 1 saturated carbocycles. The third kappa shape index (κ3) is 5.14. The van der Waals surface area contributed by atoms with Crippen LogP contribution < -0.4 is 0 Å². The lowest BCUT2D eigenvalue weighted by Gasteiger charge is -2.50. The summed E-state index contributed by atoms with van der Waals surface area (Å²) in [6.45, 7) is 1.44. The van der Waals surface area contributed by atoms with Gasteiger partial charge in [-0.2, -0.15) is 26.3 Å². The van der Waals surface area contributed by atoms with Gasteiger partial charge in [-0.25, -0.2) is 0 Å². The van der Waals surface area contributed by atoms with Crippen LogP contribution in [0.25, 0.3) is 0 Å². The Bertz CT molecular complexity index is 846. The molecule has 3 nitrogen and oxygen atoms in total. The summed E-state index contributed by atoms with van der Waals surface area (Å²) in [5.74, 6) is -1.47. The Kier molecular flexibility index (Phi) is 6.28. The lowest BCUT2D eigenvalue weighted by atomic mass is 9.55. The Morgan fingerprint density at radius 1 is 1.10 bits per heavy atom. The first-order valence-electron chi connectivity index (χ1n) is 9.79. The summed E-state index contributed by atoms with van der Waals surface area (Å²) in [5.41, 5.74) is -3.53. The van der Waals surface area contributed by atoms with E-state index in [0.717, 1.165) is 0 Å². The zero-order valence-corrected chi connectivity index (χ0v) is 16.6. The van der Waals surface area contributed by atoms with Gasteiger partial charge in [-0.15, -0.1) is 0 Å². The molecule has 0 saturated heterocycles. The lowest BCUT2D eigenvalue weighted by Crippen LogP contribution is -2.49. The van der Waals surface area contributed by atoms with E-state index in [1.54, 1.807) is 0 Å². The fourth-order valence-electron chi connectivity index (χ4n) is 4.26. The first-order chi connectivity index (χ1) is 14.3. The second-order valence-electron chi connectivity index (χ2n) is 8.25. The molecule has 0 spiro atoms. The van der Waals surface area contributed by atoms with Crippen molar-refractivity contribution in [1.82, 2.24) is 0 Å². The fourth-order valence-corrected chi connectivity index (χ4v) is 4.26. The molecule has 1 aromatic rings. The van der Waals surface area contributed by atoms with Gasteiger partial charge in [-0.05, 0) is 55.9 Å². The van der Waals surface area contributed by atoms with Gasteiger partial charge in [0.2, 0.25) is 0 Å². The van der Waals surface area contributed by atoms with E-state index in [0.29, 0.717) is 31.4 Å². The van der Waals surface area contributed by atoms with Crippen LogP contribution in [0.3, 0.4) is 0 Å². The second-order valence-corrected chi connectivity index (χ2v) is 8.25. The highest BCUT2D eigenvalue weighted by molar-refractivity contribution is 5.71. The molecule has 1 aromatic carbocycles. The number of benzene rings is 1. The van der Waals surface area contributed by atoms with Crippen molar-refractivity contribution in [3.05, 3.63) is 59.2 Å². The number of carboxylic acid groups (broad SMARTS) is 1. The van der Waals surface area contributed by atoms with Crippen LogP contribution in [0.15, 0.2) is 42.5 Å². The highest BCUT2D eigenvalue weighted by Gasteiger charge is 2.51. The van der Waals surface area contributed by atoms with Gasteiger partial charge in [-0.3, -0.25) is 4.79 Å². The van der Waals surface area contributed by atoms with Crippen LogP contribution >= 0.6 is 0 Å². The number of allylic oxidation sites excluding steroid dienone is 4. The Labute approximate surface area is 175 Å². The van der Waals surface area contributed by atoms with E-state index < -0.39 is 46.9 Å². The fraction of sp³-hybridized carbons (Fsp3) is 0.500. The maximum Gasteiger partial charge on any atom is 0.416 e. The van der Waals surface area contributed by atoms with Gasteiger partial charge < -0.3 is 9.84 Å². The van der Waals surface area contributed by atoms with Crippen molar-refractivity contribution in [2.75, 3.05) is 6.61 Å². The van der Waals surface area contributed by atoms with Crippen LogP contribution in [0.5, 0.6) is 0 Å². The molecule has 170 valence electrons. The van der Waals surface area contributed by atoms with E-state index >= 15 is 0 Å². The minimum Gasteiger partial charge on any atom is -0.481 e. The highest BCUT2D eigenvalue weighted by Crippen LogP contribution is 2.54. The summed E-state index contributed by atoms with van der Waals surface area (Å²) in [6, 6.07) is 1.41. The molecule has 3 rings (SSSR count). The molecule has 2 atom stereocenters. The lowest BCUT2D eigenvalue weighted by molar-refractivity contribution is -0.158. The third-order valence-corrected chi connectivity index (χ3v) is 6.12. The zero-order valence-electron chi connectivity index (χ0n) is 16.6. The predicted octanol–water partition coefficient (Wildman–Crippen LogP) is 6.42. The molecular formula is C22H22F6O3. The van der Waals surface area contributed by atoms with Crippen molar-refractivity contribution in [2.24, 2.45) is 17.3 Å². The number of hydrogen-bond acceptors (Lipinski definition) is 2. The monoisotopic (exact) mass is 448 g/mol. The van der Waals surface area contributed by atoms with Crippen LogP contribution in [0.2, 0.25) is 0 Å². The van der Waals surface area contributed by atoms with Crippen molar-refractivity contribution in [3.8, 4) is 0 Å². The van der Waals surface area contributed by atoms with Gasteiger partial charge >= 0.3 is 18.3 Å². The van der Waals surface area contributed by atoms with Crippen molar-refractivity contribution in [3.63, 3.8) is 0 Å². The Hall–Kier alpha value is -2.29. The molecule has 0 bridgehead atoms. The second kappa shape index (κ2) is 8.33. The number of halogens is 6. The molecule has 1 unspecified atom stereocenters. The molecule has 0 aromatic heterocycles. The molecule has 1 fully saturated rings. The van der Waals surface area contributed by atoms with Crippen LogP contribution in [0, 0.1) is 17.3 Å². The van der Waals surface area contributed by atoms with Gasteiger partial charge in [0.05, 0.1) is 29.8 Å². The molecule has 1 N–H and O–H groups in total. The molecular weight excluding hydrogens is 426 g/mol. The zero-order chi connectivity index (χ0) is 23.0. The van der Waals surface area contributed by atoms with Gasteiger partial charge in [0.1, 0.15) is 0 Å². The topological polar surface area (TPSA) is 46.5 Å². The van der Waals surface area contributed by atoms with E-state index in [2.05, 4.69) is 0 Å². The third-order valence-electron chi connectivity index (χ3n) is 6.12. The SMILES string of the molecule is C[C@@H](OCC1(C2C=CC=CC2)CC(C(=O)O)C1)c1cc(C(F)(F)F)cc(C(F)(F)F)c1. The van der Waals surface area contributed by atoms with Crippen molar-refractivity contribution in [2.45, 2.75) is 44.6 Å². The van der Waals surface area contributed by atoms with Gasteiger partial charge in [0.15, 0.2) is 0 Å². The van der Waals surface area contributed by atoms with Crippen molar-refractivity contribution >= 4 is 5.97 Å². The normalized spacial score (nSPS) is 27.1. The first kappa shape index (κ1) is 23.4. The summed E-state index contributed by atoms with van der Waals surface area (Å²) in [6.07, 6.45) is -1.96. The van der Waals surface area contributed by atoms with E-state index in [4.69, 9.17) is 4.74 Å².